The van der Waals surface area contributed by atoms with Crippen LogP contribution in [-0.2, 0) is 4.74 Å². The standard InChI is InChI=1S/C16H23NO3/c1-12-6-9-19-13(12)14(18)17-10-15(2,3)20-16(11-17)7-4-5-8-16/h6,9H,4-5,7-8,10-11H2,1-3H3. The van der Waals surface area contributed by atoms with Crippen LogP contribution in [-0.4, -0.2) is 35.1 Å². The Morgan fingerprint density at radius 3 is 2.55 bits per heavy atom. The van der Waals surface area contributed by atoms with Gasteiger partial charge >= 0.3 is 0 Å². The van der Waals surface area contributed by atoms with Gasteiger partial charge in [-0.1, -0.05) is 12.8 Å². The molecule has 2 aliphatic rings. The summed E-state index contributed by atoms with van der Waals surface area (Å²) in [6.07, 6.45) is 6.07. The van der Waals surface area contributed by atoms with Crippen molar-refractivity contribution >= 4 is 5.91 Å². The van der Waals surface area contributed by atoms with E-state index in [0.717, 1.165) is 18.4 Å². The third-order valence-electron chi connectivity index (χ3n) is 4.40. The lowest BCUT2D eigenvalue weighted by Crippen LogP contribution is -2.60. The van der Waals surface area contributed by atoms with Gasteiger partial charge in [0, 0.05) is 12.1 Å². The molecular weight excluding hydrogens is 254 g/mol. The molecule has 0 atom stereocenters. The molecule has 1 amide bonds. The topological polar surface area (TPSA) is 42.7 Å². The van der Waals surface area contributed by atoms with Crippen LogP contribution in [0.1, 0.15) is 55.6 Å². The smallest absolute Gasteiger partial charge is 0.290 e. The lowest BCUT2D eigenvalue weighted by molar-refractivity contribution is -0.185. The second kappa shape index (κ2) is 4.62. The van der Waals surface area contributed by atoms with E-state index >= 15 is 0 Å². The number of aryl methyl sites for hydroxylation is 1. The van der Waals surface area contributed by atoms with Gasteiger partial charge in [0.25, 0.3) is 5.91 Å². The minimum absolute atomic E-state index is 0.00449. The number of carbonyl (C=O) groups excluding carboxylic acids is 1. The summed E-state index contributed by atoms with van der Waals surface area (Å²) in [4.78, 5) is 14.6. The largest absolute Gasteiger partial charge is 0.459 e. The van der Waals surface area contributed by atoms with E-state index in [4.69, 9.17) is 9.15 Å². The summed E-state index contributed by atoms with van der Waals surface area (Å²) >= 11 is 0. The molecule has 20 heavy (non-hydrogen) atoms. The highest BCUT2D eigenvalue weighted by atomic mass is 16.5. The zero-order valence-electron chi connectivity index (χ0n) is 12.6. The molecule has 3 rings (SSSR count). The first-order valence-electron chi connectivity index (χ1n) is 7.44. The quantitative estimate of drug-likeness (QED) is 0.792. The maximum Gasteiger partial charge on any atom is 0.290 e. The Hall–Kier alpha value is -1.29. The van der Waals surface area contributed by atoms with E-state index in [9.17, 15) is 4.79 Å². The molecule has 1 saturated heterocycles. The van der Waals surface area contributed by atoms with Crippen molar-refractivity contribution in [2.24, 2.45) is 0 Å². The van der Waals surface area contributed by atoms with Crippen molar-refractivity contribution in [2.45, 2.75) is 57.7 Å². The zero-order valence-corrected chi connectivity index (χ0v) is 12.6. The number of amides is 1. The summed E-state index contributed by atoms with van der Waals surface area (Å²) in [6.45, 7) is 7.36. The van der Waals surface area contributed by atoms with Gasteiger partial charge < -0.3 is 14.1 Å². The first-order chi connectivity index (χ1) is 9.41. The first kappa shape index (κ1) is 13.7. The highest BCUT2D eigenvalue weighted by Gasteiger charge is 2.47. The fraction of sp³-hybridized carbons (Fsp3) is 0.688. The minimum Gasteiger partial charge on any atom is -0.459 e. The molecule has 1 spiro atoms. The Labute approximate surface area is 120 Å². The van der Waals surface area contributed by atoms with Crippen LogP contribution in [0.5, 0.6) is 0 Å². The molecule has 1 aliphatic heterocycles. The number of hydrogen-bond acceptors (Lipinski definition) is 3. The van der Waals surface area contributed by atoms with Gasteiger partial charge in [0.1, 0.15) is 0 Å². The maximum absolute atomic E-state index is 12.7. The Morgan fingerprint density at radius 2 is 1.95 bits per heavy atom. The van der Waals surface area contributed by atoms with Crippen molar-refractivity contribution < 1.29 is 13.9 Å². The number of carbonyl (C=O) groups is 1. The average molecular weight is 277 g/mol. The van der Waals surface area contributed by atoms with Crippen molar-refractivity contribution in [1.82, 2.24) is 4.90 Å². The first-order valence-corrected chi connectivity index (χ1v) is 7.44. The summed E-state index contributed by atoms with van der Waals surface area (Å²) in [5, 5.41) is 0. The third-order valence-corrected chi connectivity index (χ3v) is 4.40. The molecule has 0 bridgehead atoms. The van der Waals surface area contributed by atoms with Crippen LogP contribution in [0.2, 0.25) is 0 Å². The SMILES string of the molecule is Cc1ccoc1C(=O)N1CC(C)(C)OC2(CCCC2)C1. The summed E-state index contributed by atoms with van der Waals surface area (Å²) in [5.74, 6) is 0.464. The van der Waals surface area contributed by atoms with Crippen molar-refractivity contribution in [2.75, 3.05) is 13.1 Å². The monoisotopic (exact) mass is 277 g/mol. The molecule has 1 aromatic heterocycles. The summed E-state index contributed by atoms with van der Waals surface area (Å²) in [7, 11) is 0. The van der Waals surface area contributed by atoms with E-state index in [2.05, 4.69) is 13.8 Å². The molecule has 1 aliphatic carbocycles. The second-order valence-corrected chi connectivity index (χ2v) is 6.85. The van der Waals surface area contributed by atoms with Gasteiger partial charge in [-0.3, -0.25) is 4.79 Å². The Morgan fingerprint density at radius 1 is 1.25 bits per heavy atom. The van der Waals surface area contributed by atoms with Crippen molar-refractivity contribution in [1.29, 1.82) is 0 Å². The van der Waals surface area contributed by atoms with Gasteiger partial charge in [-0.2, -0.15) is 0 Å². The summed E-state index contributed by atoms with van der Waals surface area (Å²) in [5.41, 5.74) is 0.469. The molecule has 2 heterocycles. The van der Waals surface area contributed by atoms with Crippen LogP contribution >= 0.6 is 0 Å². The second-order valence-electron chi connectivity index (χ2n) is 6.85. The molecule has 0 radical (unpaired) electrons. The molecule has 0 unspecified atom stereocenters. The van der Waals surface area contributed by atoms with Crippen LogP contribution < -0.4 is 0 Å². The lowest BCUT2D eigenvalue weighted by Gasteiger charge is -2.48. The van der Waals surface area contributed by atoms with E-state index < -0.39 is 0 Å². The van der Waals surface area contributed by atoms with Gasteiger partial charge in [-0.25, -0.2) is 0 Å². The van der Waals surface area contributed by atoms with Crippen molar-refractivity contribution in [3.8, 4) is 0 Å². The van der Waals surface area contributed by atoms with Gasteiger partial charge in [-0.05, 0) is 39.7 Å². The van der Waals surface area contributed by atoms with Gasteiger partial charge in [0.2, 0.25) is 0 Å². The highest BCUT2D eigenvalue weighted by Crippen LogP contribution is 2.41. The number of nitrogens with zero attached hydrogens (tertiary/aromatic N) is 1. The van der Waals surface area contributed by atoms with Crippen LogP contribution in [0.4, 0.5) is 0 Å². The molecule has 4 nitrogen and oxygen atoms in total. The minimum atomic E-state index is -0.293. The van der Waals surface area contributed by atoms with Crippen LogP contribution in [0.15, 0.2) is 16.7 Å². The maximum atomic E-state index is 12.7. The molecule has 4 heteroatoms. The van der Waals surface area contributed by atoms with Gasteiger partial charge in [0.15, 0.2) is 5.76 Å². The number of morpholine rings is 1. The van der Waals surface area contributed by atoms with Crippen molar-refractivity contribution in [3.63, 3.8) is 0 Å². The highest BCUT2D eigenvalue weighted by molar-refractivity contribution is 5.93. The predicted octanol–water partition coefficient (Wildman–Crippen LogP) is 3.15. The van der Waals surface area contributed by atoms with E-state index in [1.54, 1.807) is 6.26 Å². The molecule has 1 aromatic rings. The van der Waals surface area contributed by atoms with Crippen LogP contribution in [0.25, 0.3) is 0 Å². The fourth-order valence-corrected chi connectivity index (χ4v) is 3.67. The Kier molecular flexibility index (Phi) is 3.16. The summed E-state index contributed by atoms with van der Waals surface area (Å²) in [6, 6.07) is 1.84. The Balaban J connectivity index is 1.85. The Bertz CT molecular complexity index is 512. The third kappa shape index (κ3) is 2.37. The molecule has 1 saturated carbocycles. The van der Waals surface area contributed by atoms with E-state index in [-0.39, 0.29) is 17.1 Å². The molecule has 110 valence electrons. The number of hydrogen-bond donors (Lipinski definition) is 0. The van der Waals surface area contributed by atoms with E-state index in [1.807, 2.05) is 17.9 Å². The molecule has 0 N–H and O–H groups in total. The lowest BCUT2D eigenvalue weighted by atomic mass is 9.94. The number of rotatable bonds is 1. The number of furan rings is 1. The normalized spacial score (nSPS) is 24.2. The van der Waals surface area contributed by atoms with E-state index in [0.29, 0.717) is 18.8 Å². The molecule has 0 aromatic carbocycles. The molecular formula is C16H23NO3. The molecule has 2 fully saturated rings. The average Bonchev–Trinajstić information content (AvgIpc) is 2.96. The van der Waals surface area contributed by atoms with E-state index in [1.165, 1.54) is 12.8 Å². The zero-order chi connectivity index (χ0) is 14.4. The fourth-order valence-electron chi connectivity index (χ4n) is 3.67. The summed E-state index contributed by atoms with van der Waals surface area (Å²) < 4.78 is 11.7. The van der Waals surface area contributed by atoms with Gasteiger partial charge in [0.05, 0.1) is 24.0 Å². The van der Waals surface area contributed by atoms with Crippen LogP contribution in [0, 0.1) is 6.92 Å². The van der Waals surface area contributed by atoms with Crippen molar-refractivity contribution in [3.05, 3.63) is 23.7 Å². The van der Waals surface area contributed by atoms with Crippen LogP contribution in [0.3, 0.4) is 0 Å². The number of ether oxygens (including phenoxy) is 1. The van der Waals surface area contributed by atoms with Gasteiger partial charge in [-0.15, -0.1) is 0 Å². The predicted molar refractivity (Wildman–Crippen MR) is 75.7 cm³/mol.